The Morgan fingerprint density at radius 2 is 1.80 bits per heavy atom. The van der Waals surface area contributed by atoms with Gasteiger partial charge in [-0.15, -0.1) is 0 Å². The number of rotatable bonds is 3. The van der Waals surface area contributed by atoms with E-state index in [9.17, 15) is 14.4 Å². The van der Waals surface area contributed by atoms with Gasteiger partial charge in [0.25, 0.3) is 0 Å². The number of halogens is 1. The predicted octanol–water partition coefficient (Wildman–Crippen LogP) is 3.15. The van der Waals surface area contributed by atoms with Crippen molar-refractivity contribution in [3.8, 4) is 5.75 Å². The van der Waals surface area contributed by atoms with Crippen LogP contribution in [-0.4, -0.2) is 35.9 Å². The van der Waals surface area contributed by atoms with E-state index in [0.29, 0.717) is 11.4 Å². The molecule has 2 aromatic carbocycles. The Morgan fingerprint density at radius 1 is 1.16 bits per heavy atom. The molecule has 0 bridgehead atoms. The van der Waals surface area contributed by atoms with Gasteiger partial charge in [0.15, 0.2) is 11.5 Å². The number of anilines is 1. The second-order valence-corrected chi connectivity index (χ2v) is 6.17. The SMILES string of the molecule is CC(=O)c1ccc(Br)cc1.O=C(O)CN1CC(=O)Oc2ccccc21. The van der Waals surface area contributed by atoms with Crippen LogP contribution in [0.4, 0.5) is 5.69 Å². The molecule has 0 saturated heterocycles. The van der Waals surface area contributed by atoms with Gasteiger partial charge in [-0.05, 0) is 31.2 Å². The number of ether oxygens (including phenoxy) is 1. The maximum absolute atomic E-state index is 11.2. The zero-order valence-electron chi connectivity index (χ0n) is 13.4. The van der Waals surface area contributed by atoms with Gasteiger partial charge in [0.05, 0.1) is 5.69 Å². The maximum Gasteiger partial charge on any atom is 0.331 e. The van der Waals surface area contributed by atoms with Gasteiger partial charge in [0, 0.05) is 10.0 Å². The van der Waals surface area contributed by atoms with E-state index < -0.39 is 11.9 Å². The third-order valence-corrected chi connectivity index (χ3v) is 3.86. The van der Waals surface area contributed by atoms with Crippen molar-refractivity contribution in [2.45, 2.75) is 6.92 Å². The van der Waals surface area contributed by atoms with Crippen molar-refractivity contribution in [1.82, 2.24) is 0 Å². The predicted molar refractivity (Wildman–Crippen MR) is 96.1 cm³/mol. The lowest BCUT2D eigenvalue weighted by molar-refractivity contribution is -0.136. The van der Waals surface area contributed by atoms with Gasteiger partial charge in [-0.2, -0.15) is 0 Å². The number of ketones is 1. The Labute approximate surface area is 153 Å². The summed E-state index contributed by atoms with van der Waals surface area (Å²) in [4.78, 5) is 34.0. The molecule has 1 N–H and O–H groups in total. The average Bonchev–Trinajstić information content (AvgIpc) is 2.55. The number of aliphatic carboxylic acids is 1. The highest BCUT2D eigenvalue weighted by Gasteiger charge is 2.24. The second-order valence-electron chi connectivity index (χ2n) is 5.25. The van der Waals surface area contributed by atoms with Crippen molar-refractivity contribution in [2.24, 2.45) is 0 Å². The molecule has 0 unspecified atom stereocenters. The molecule has 0 aliphatic carbocycles. The Hall–Kier alpha value is -2.67. The maximum atomic E-state index is 11.2. The van der Waals surface area contributed by atoms with Gasteiger partial charge in [0.1, 0.15) is 13.1 Å². The van der Waals surface area contributed by atoms with Crippen LogP contribution >= 0.6 is 15.9 Å². The molecule has 0 amide bonds. The van der Waals surface area contributed by atoms with Crippen LogP contribution in [0.3, 0.4) is 0 Å². The molecule has 0 fully saturated rings. The quantitative estimate of drug-likeness (QED) is 0.479. The molecule has 0 spiro atoms. The van der Waals surface area contributed by atoms with Gasteiger partial charge < -0.3 is 14.7 Å². The molecular weight excluding hydrogens is 390 g/mol. The van der Waals surface area contributed by atoms with Crippen LogP contribution in [0.15, 0.2) is 53.0 Å². The van der Waals surface area contributed by atoms with Crippen molar-refractivity contribution in [3.63, 3.8) is 0 Å². The fourth-order valence-electron chi connectivity index (χ4n) is 2.19. The van der Waals surface area contributed by atoms with E-state index in [2.05, 4.69) is 15.9 Å². The van der Waals surface area contributed by atoms with Gasteiger partial charge >= 0.3 is 11.9 Å². The molecule has 0 atom stereocenters. The Morgan fingerprint density at radius 3 is 2.40 bits per heavy atom. The van der Waals surface area contributed by atoms with Crippen LogP contribution in [-0.2, 0) is 9.59 Å². The van der Waals surface area contributed by atoms with E-state index in [1.807, 2.05) is 12.1 Å². The van der Waals surface area contributed by atoms with Crippen LogP contribution in [0, 0.1) is 0 Å². The molecule has 1 aliphatic rings. The highest BCUT2D eigenvalue weighted by molar-refractivity contribution is 9.10. The molecule has 25 heavy (non-hydrogen) atoms. The number of carboxylic acid groups (broad SMARTS) is 1. The molecule has 2 aromatic rings. The minimum atomic E-state index is -0.973. The Bertz CT molecular complexity index is 788. The molecule has 6 nitrogen and oxygen atoms in total. The zero-order valence-corrected chi connectivity index (χ0v) is 15.0. The summed E-state index contributed by atoms with van der Waals surface area (Å²) >= 11 is 3.28. The number of benzene rings is 2. The minimum absolute atomic E-state index is 0.0245. The lowest BCUT2D eigenvalue weighted by Crippen LogP contribution is -2.39. The summed E-state index contributed by atoms with van der Waals surface area (Å²) in [6.07, 6.45) is 0. The van der Waals surface area contributed by atoms with Crippen molar-refractivity contribution in [2.75, 3.05) is 18.0 Å². The monoisotopic (exact) mass is 405 g/mol. The molecular formula is C18H16BrNO5. The molecule has 3 rings (SSSR count). The summed E-state index contributed by atoms with van der Waals surface area (Å²) in [6, 6.07) is 14.2. The molecule has 1 heterocycles. The number of hydrogen-bond donors (Lipinski definition) is 1. The number of esters is 1. The third-order valence-electron chi connectivity index (χ3n) is 3.33. The van der Waals surface area contributed by atoms with Crippen molar-refractivity contribution >= 4 is 39.3 Å². The first-order valence-electron chi connectivity index (χ1n) is 7.40. The highest BCUT2D eigenvalue weighted by atomic mass is 79.9. The number of nitrogens with zero attached hydrogens (tertiary/aromatic N) is 1. The molecule has 0 aromatic heterocycles. The second kappa shape index (κ2) is 8.43. The summed E-state index contributed by atoms with van der Waals surface area (Å²) < 4.78 is 5.97. The zero-order chi connectivity index (χ0) is 18.4. The molecule has 0 radical (unpaired) electrons. The van der Waals surface area contributed by atoms with Crippen molar-refractivity contribution in [3.05, 3.63) is 58.6 Å². The average molecular weight is 406 g/mol. The van der Waals surface area contributed by atoms with Crippen LogP contribution in [0.5, 0.6) is 5.75 Å². The van der Waals surface area contributed by atoms with Gasteiger partial charge in [0.2, 0.25) is 0 Å². The summed E-state index contributed by atoms with van der Waals surface area (Å²) in [6.45, 7) is 1.33. The van der Waals surface area contributed by atoms with Crippen LogP contribution < -0.4 is 9.64 Å². The fourth-order valence-corrected chi connectivity index (χ4v) is 2.45. The van der Waals surface area contributed by atoms with Crippen LogP contribution in [0.2, 0.25) is 0 Å². The van der Waals surface area contributed by atoms with E-state index in [1.54, 1.807) is 43.3 Å². The van der Waals surface area contributed by atoms with Gasteiger partial charge in [-0.3, -0.25) is 9.59 Å². The first-order chi connectivity index (χ1) is 11.9. The van der Waals surface area contributed by atoms with E-state index in [-0.39, 0.29) is 18.9 Å². The van der Waals surface area contributed by atoms with E-state index in [4.69, 9.17) is 9.84 Å². The number of hydrogen-bond acceptors (Lipinski definition) is 5. The van der Waals surface area contributed by atoms with Crippen molar-refractivity contribution < 1.29 is 24.2 Å². The first kappa shape index (κ1) is 18.7. The standard InChI is InChI=1S/C10H9NO4.C8H7BrO/c12-9(13)5-11-6-10(14)15-8-4-2-1-3-7(8)11;1-6(10)7-2-4-8(9)5-3-7/h1-4H,5-6H2,(H,12,13);2-5H,1H3. The summed E-state index contributed by atoms with van der Waals surface area (Å²) in [5, 5.41) is 8.68. The number of carbonyl (C=O) groups excluding carboxylic acids is 2. The normalized spacial score (nSPS) is 12.4. The summed E-state index contributed by atoms with van der Waals surface area (Å²) in [7, 11) is 0. The van der Waals surface area contributed by atoms with Gasteiger partial charge in [-0.1, -0.05) is 40.2 Å². The van der Waals surface area contributed by atoms with E-state index >= 15 is 0 Å². The Balaban J connectivity index is 0.000000196. The highest BCUT2D eigenvalue weighted by Crippen LogP contribution is 2.30. The van der Waals surface area contributed by atoms with E-state index in [1.165, 1.54) is 4.90 Å². The smallest absolute Gasteiger partial charge is 0.331 e. The van der Waals surface area contributed by atoms with Crippen molar-refractivity contribution in [1.29, 1.82) is 0 Å². The largest absolute Gasteiger partial charge is 0.480 e. The number of fused-ring (bicyclic) bond motifs is 1. The third kappa shape index (κ3) is 5.42. The summed E-state index contributed by atoms with van der Waals surface area (Å²) in [5.74, 6) is -0.892. The van der Waals surface area contributed by atoms with Crippen LogP contribution in [0.1, 0.15) is 17.3 Å². The summed E-state index contributed by atoms with van der Waals surface area (Å²) in [5.41, 5.74) is 1.39. The lowest BCUT2D eigenvalue weighted by atomic mass is 10.2. The number of Topliss-reactive ketones (excluding diaryl/α,β-unsaturated/α-hetero) is 1. The number of para-hydroxylation sites is 2. The van der Waals surface area contributed by atoms with E-state index in [0.717, 1.165) is 10.0 Å². The minimum Gasteiger partial charge on any atom is -0.480 e. The number of carbonyl (C=O) groups is 3. The molecule has 130 valence electrons. The molecule has 7 heteroatoms. The Kier molecular flexibility index (Phi) is 6.30. The number of carboxylic acids is 1. The fraction of sp³-hybridized carbons (Fsp3) is 0.167. The van der Waals surface area contributed by atoms with Crippen LogP contribution in [0.25, 0.3) is 0 Å². The van der Waals surface area contributed by atoms with Gasteiger partial charge in [-0.25, -0.2) is 4.79 Å². The molecule has 0 saturated carbocycles. The molecule has 1 aliphatic heterocycles. The first-order valence-corrected chi connectivity index (χ1v) is 8.19. The topological polar surface area (TPSA) is 83.9 Å². The lowest BCUT2D eigenvalue weighted by Gasteiger charge is -2.27.